The standard InChI is InChI=1S/C20H30N2O2/c1-14(2)18-13-22(11-5-10-21(18)12-16-8-9-16)20(24)17-6-4-7-19(23)15(17)3/h4,6-7,14,16,18,23H,5,8-13H2,1-3H3/t18-/m1/s1. The van der Waals surface area contributed by atoms with Gasteiger partial charge in [0.05, 0.1) is 0 Å². The van der Waals surface area contributed by atoms with Crippen molar-refractivity contribution in [3.8, 4) is 5.75 Å². The molecular weight excluding hydrogens is 300 g/mol. The van der Waals surface area contributed by atoms with E-state index in [9.17, 15) is 9.90 Å². The summed E-state index contributed by atoms with van der Waals surface area (Å²) < 4.78 is 0. The first-order valence-corrected chi connectivity index (χ1v) is 9.29. The summed E-state index contributed by atoms with van der Waals surface area (Å²) in [7, 11) is 0. The highest BCUT2D eigenvalue weighted by Gasteiger charge is 2.33. The van der Waals surface area contributed by atoms with Gasteiger partial charge in [-0.15, -0.1) is 0 Å². The Morgan fingerprint density at radius 1 is 1.29 bits per heavy atom. The van der Waals surface area contributed by atoms with Gasteiger partial charge in [0.1, 0.15) is 5.75 Å². The van der Waals surface area contributed by atoms with Crippen molar-refractivity contribution in [2.75, 3.05) is 26.2 Å². The Bertz CT molecular complexity index is 595. The van der Waals surface area contributed by atoms with Crippen molar-refractivity contribution < 1.29 is 9.90 Å². The van der Waals surface area contributed by atoms with Gasteiger partial charge in [-0.2, -0.15) is 0 Å². The molecule has 4 heteroatoms. The lowest BCUT2D eigenvalue weighted by Gasteiger charge is -2.34. The summed E-state index contributed by atoms with van der Waals surface area (Å²) in [6.07, 6.45) is 3.76. The third-order valence-corrected chi connectivity index (χ3v) is 5.53. The molecular formula is C20H30N2O2. The lowest BCUT2D eigenvalue weighted by molar-refractivity contribution is 0.0703. The fourth-order valence-corrected chi connectivity index (χ4v) is 3.76. The molecule has 1 aliphatic carbocycles. The molecule has 1 atom stereocenters. The smallest absolute Gasteiger partial charge is 0.254 e. The molecule has 1 heterocycles. The van der Waals surface area contributed by atoms with E-state index < -0.39 is 0 Å². The second-order valence-electron chi connectivity index (χ2n) is 7.80. The molecule has 0 unspecified atom stereocenters. The fourth-order valence-electron chi connectivity index (χ4n) is 3.76. The van der Waals surface area contributed by atoms with E-state index in [0.29, 0.717) is 23.1 Å². The van der Waals surface area contributed by atoms with E-state index in [1.165, 1.54) is 19.4 Å². The van der Waals surface area contributed by atoms with E-state index in [4.69, 9.17) is 0 Å². The van der Waals surface area contributed by atoms with Crippen LogP contribution in [-0.4, -0.2) is 53.0 Å². The maximum absolute atomic E-state index is 13.0. The van der Waals surface area contributed by atoms with Gasteiger partial charge in [0.2, 0.25) is 0 Å². The van der Waals surface area contributed by atoms with E-state index in [2.05, 4.69) is 18.7 Å². The quantitative estimate of drug-likeness (QED) is 0.921. The van der Waals surface area contributed by atoms with Crippen LogP contribution in [0.3, 0.4) is 0 Å². The highest BCUT2D eigenvalue weighted by Crippen LogP contribution is 2.32. The van der Waals surface area contributed by atoms with Crippen LogP contribution in [0.2, 0.25) is 0 Å². The van der Waals surface area contributed by atoms with Crippen molar-refractivity contribution in [3.05, 3.63) is 29.3 Å². The lowest BCUT2D eigenvalue weighted by atomic mass is 10.0. The second-order valence-corrected chi connectivity index (χ2v) is 7.80. The van der Waals surface area contributed by atoms with Crippen molar-refractivity contribution in [3.63, 3.8) is 0 Å². The molecule has 4 nitrogen and oxygen atoms in total. The maximum atomic E-state index is 13.0. The molecule has 1 aliphatic heterocycles. The Balaban J connectivity index is 1.77. The number of rotatable bonds is 4. The SMILES string of the molecule is Cc1c(O)cccc1C(=O)N1CCCN(CC2CC2)[C@@H](C(C)C)C1. The number of hydrogen-bond donors (Lipinski definition) is 1. The lowest BCUT2D eigenvalue weighted by Crippen LogP contribution is -2.46. The predicted molar refractivity (Wildman–Crippen MR) is 96.3 cm³/mol. The Kier molecular flexibility index (Phi) is 5.14. The molecule has 0 aromatic heterocycles. The fraction of sp³-hybridized carbons (Fsp3) is 0.650. The monoisotopic (exact) mass is 330 g/mol. The number of phenolic OH excluding ortho intramolecular Hbond substituents is 1. The van der Waals surface area contributed by atoms with Crippen LogP contribution < -0.4 is 0 Å². The average Bonchev–Trinajstić information content (AvgIpc) is 3.37. The molecule has 0 bridgehead atoms. The molecule has 1 N–H and O–H groups in total. The topological polar surface area (TPSA) is 43.8 Å². The number of aromatic hydroxyl groups is 1. The number of phenols is 1. The van der Waals surface area contributed by atoms with Gasteiger partial charge in [0.15, 0.2) is 0 Å². The van der Waals surface area contributed by atoms with Crippen LogP contribution in [0.25, 0.3) is 0 Å². The Morgan fingerprint density at radius 2 is 2.04 bits per heavy atom. The largest absolute Gasteiger partial charge is 0.508 e. The van der Waals surface area contributed by atoms with Crippen LogP contribution in [-0.2, 0) is 0 Å². The number of amides is 1. The number of carbonyl (C=O) groups excluding carboxylic acids is 1. The molecule has 3 rings (SSSR count). The van der Waals surface area contributed by atoms with Gasteiger partial charge < -0.3 is 10.0 Å². The molecule has 0 spiro atoms. The highest BCUT2D eigenvalue weighted by molar-refractivity contribution is 5.96. The van der Waals surface area contributed by atoms with Crippen LogP contribution >= 0.6 is 0 Å². The van der Waals surface area contributed by atoms with E-state index in [1.54, 1.807) is 12.1 Å². The Morgan fingerprint density at radius 3 is 2.71 bits per heavy atom. The summed E-state index contributed by atoms with van der Waals surface area (Å²) in [5, 5.41) is 9.91. The predicted octanol–water partition coefficient (Wildman–Crippen LogP) is 3.28. The number of benzene rings is 1. The third-order valence-electron chi connectivity index (χ3n) is 5.53. The van der Waals surface area contributed by atoms with Crippen molar-refractivity contribution in [2.45, 2.75) is 46.1 Å². The van der Waals surface area contributed by atoms with E-state index in [1.807, 2.05) is 17.9 Å². The van der Waals surface area contributed by atoms with Crippen molar-refractivity contribution in [1.29, 1.82) is 0 Å². The van der Waals surface area contributed by atoms with Crippen molar-refractivity contribution >= 4 is 5.91 Å². The minimum Gasteiger partial charge on any atom is -0.508 e. The van der Waals surface area contributed by atoms with E-state index in [0.717, 1.165) is 32.0 Å². The van der Waals surface area contributed by atoms with Crippen LogP contribution in [0.5, 0.6) is 5.75 Å². The van der Waals surface area contributed by atoms with Gasteiger partial charge >= 0.3 is 0 Å². The molecule has 0 radical (unpaired) electrons. The van der Waals surface area contributed by atoms with Crippen molar-refractivity contribution in [2.24, 2.45) is 11.8 Å². The van der Waals surface area contributed by atoms with Gasteiger partial charge in [-0.05, 0) is 50.2 Å². The molecule has 2 aliphatic rings. The van der Waals surface area contributed by atoms with Crippen molar-refractivity contribution in [1.82, 2.24) is 9.80 Å². The molecule has 1 saturated heterocycles. The van der Waals surface area contributed by atoms with E-state index >= 15 is 0 Å². The van der Waals surface area contributed by atoms with Gasteiger partial charge in [0, 0.05) is 43.3 Å². The van der Waals surface area contributed by atoms with Gasteiger partial charge in [-0.1, -0.05) is 19.9 Å². The maximum Gasteiger partial charge on any atom is 0.254 e. The number of nitrogens with zero attached hydrogens (tertiary/aromatic N) is 2. The summed E-state index contributed by atoms with van der Waals surface area (Å²) in [6, 6.07) is 5.65. The molecule has 24 heavy (non-hydrogen) atoms. The van der Waals surface area contributed by atoms with Gasteiger partial charge in [0.25, 0.3) is 5.91 Å². The second kappa shape index (κ2) is 7.14. The summed E-state index contributed by atoms with van der Waals surface area (Å²) >= 11 is 0. The Hall–Kier alpha value is -1.55. The van der Waals surface area contributed by atoms with E-state index in [-0.39, 0.29) is 11.7 Å². The zero-order chi connectivity index (χ0) is 17.3. The molecule has 1 aromatic carbocycles. The highest BCUT2D eigenvalue weighted by atomic mass is 16.3. The molecule has 1 aromatic rings. The molecule has 1 saturated carbocycles. The van der Waals surface area contributed by atoms with Crippen LogP contribution in [0.4, 0.5) is 0 Å². The minimum absolute atomic E-state index is 0.0577. The number of carbonyl (C=O) groups is 1. The molecule has 132 valence electrons. The average molecular weight is 330 g/mol. The molecule has 2 fully saturated rings. The summed E-state index contributed by atoms with van der Waals surface area (Å²) in [6.45, 7) is 10.2. The first-order valence-electron chi connectivity index (χ1n) is 9.29. The zero-order valence-corrected chi connectivity index (χ0v) is 15.2. The van der Waals surface area contributed by atoms with Crippen LogP contribution in [0, 0.1) is 18.8 Å². The summed E-state index contributed by atoms with van der Waals surface area (Å²) in [4.78, 5) is 17.6. The first-order chi connectivity index (χ1) is 11.5. The third kappa shape index (κ3) is 3.75. The zero-order valence-electron chi connectivity index (χ0n) is 15.2. The van der Waals surface area contributed by atoms with Gasteiger partial charge in [-0.3, -0.25) is 9.69 Å². The normalized spacial score (nSPS) is 22.7. The molecule has 1 amide bonds. The summed E-state index contributed by atoms with van der Waals surface area (Å²) in [5.74, 6) is 1.66. The Labute approximate surface area is 145 Å². The van der Waals surface area contributed by atoms with Gasteiger partial charge in [-0.25, -0.2) is 0 Å². The summed E-state index contributed by atoms with van der Waals surface area (Å²) in [5.41, 5.74) is 1.32. The minimum atomic E-state index is 0.0577. The van der Waals surface area contributed by atoms with Crippen LogP contribution in [0.15, 0.2) is 18.2 Å². The van der Waals surface area contributed by atoms with Crippen LogP contribution in [0.1, 0.15) is 49.0 Å². The number of hydrogen-bond acceptors (Lipinski definition) is 3. The first kappa shape index (κ1) is 17.3.